The monoisotopic (exact) mass is 216 g/mol. The van der Waals surface area contributed by atoms with Crippen LogP contribution in [-0.4, -0.2) is 0 Å². The number of halogens is 1. The first-order valence-corrected chi connectivity index (χ1v) is 6.13. The van der Waals surface area contributed by atoms with Crippen molar-refractivity contribution in [3.8, 4) is 0 Å². The fraction of sp³-hybridized carbons (Fsp3) is 0.467. The van der Waals surface area contributed by atoms with Gasteiger partial charge in [0.1, 0.15) is 5.82 Å². The largest absolute Gasteiger partial charge is 0.207 e. The molecule has 0 radical (unpaired) electrons. The van der Waals surface area contributed by atoms with Crippen molar-refractivity contribution >= 4 is 5.57 Å². The van der Waals surface area contributed by atoms with Crippen LogP contribution in [0.25, 0.3) is 5.57 Å². The van der Waals surface area contributed by atoms with Gasteiger partial charge in [0.25, 0.3) is 0 Å². The highest BCUT2D eigenvalue weighted by Crippen LogP contribution is 2.60. The van der Waals surface area contributed by atoms with E-state index in [2.05, 4.69) is 19.9 Å². The smallest absolute Gasteiger partial charge is 0.123 e. The van der Waals surface area contributed by atoms with Crippen LogP contribution in [0, 0.1) is 29.5 Å². The topological polar surface area (TPSA) is 0 Å². The quantitative estimate of drug-likeness (QED) is 0.697. The molecule has 0 nitrogen and oxygen atoms in total. The molecule has 0 amide bonds. The van der Waals surface area contributed by atoms with E-state index in [-0.39, 0.29) is 5.82 Å². The van der Waals surface area contributed by atoms with E-state index in [1.807, 2.05) is 12.1 Å². The van der Waals surface area contributed by atoms with Crippen molar-refractivity contribution < 1.29 is 4.39 Å². The van der Waals surface area contributed by atoms with E-state index in [1.54, 1.807) is 12.1 Å². The molecule has 3 atom stereocenters. The Labute approximate surface area is 96.2 Å². The van der Waals surface area contributed by atoms with Crippen LogP contribution in [0.3, 0.4) is 0 Å². The molecule has 0 spiro atoms. The average Bonchev–Trinajstić information content (AvgIpc) is 2.77. The molecule has 0 aromatic heterocycles. The minimum Gasteiger partial charge on any atom is -0.207 e. The van der Waals surface area contributed by atoms with Crippen LogP contribution < -0.4 is 0 Å². The number of benzene rings is 1. The SMILES string of the molecule is CC(C)C1C2C=C(c3ccc(F)cc3)CC21. The van der Waals surface area contributed by atoms with Crippen LogP contribution in [0.4, 0.5) is 4.39 Å². The highest BCUT2D eigenvalue weighted by atomic mass is 19.1. The van der Waals surface area contributed by atoms with E-state index in [0.717, 1.165) is 23.7 Å². The molecule has 2 aliphatic carbocycles. The zero-order chi connectivity index (χ0) is 11.3. The first-order valence-electron chi connectivity index (χ1n) is 6.13. The molecule has 1 aromatic rings. The van der Waals surface area contributed by atoms with Crippen LogP contribution in [-0.2, 0) is 0 Å². The molecule has 0 aliphatic heterocycles. The van der Waals surface area contributed by atoms with Crippen molar-refractivity contribution in [2.75, 3.05) is 0 Å². The molecule has 1 saturated carbocycles. The maximum absolute atomic E-state index is 12.8. The molecule has 2 aliphatic rings. The van der Waals surface area contributed by atoms with Gasteiger partial charge in [0.2, 0.25) is 0 Å². The molecule has 1 heteroatoms. The van der Waals surface area contributed by atoms with Gasteiger partial charge in [0, 0.05) is 0 Å². The molecule has 0 bridgehead atoms. The Kier molecular flexibility index (Phi) is 2.17. The summed E-state index contributed by atoms with van der Waals surface area (Å²) in [6.45, 7) is 4.63. The van der Waals surface area contributed by atoms with Crippen molar-refractivity contribution in [3.05, 3.63) is 41.7 Å². The lowest BCUT2D eigenvalue weighted by atomic mass is 9.96. The van der Waals surface area contributed by atoms with Gasteiger partial charge in [-0.2, -0.15) is 0 Å². The van der Waals surface area contributed by atoms with Gasteiger partial charge in [-0.1, -0.05) is 32.1 Å². The lowest BCUT2D eigenvalue weighted by Crippen LogP contribution is -1.96. The standard InChI is InChI=1S/C15H17F/c1-9(2)15-13-7-11(8-14(13)15)10-3-5-12(16)6-4-10/h3-7,9,13-15H,8H2,1-2H3. The number of hydrogen-bond acceptors (Lipinski definition) is 0. The van der Waals surface area contributed by atoms with E-state index in [9.17, 15) is 4.39 Å². The van der Waals surface area contributed by atoms with E-state index in [0.29, 0.717) is 0 Å². The Morgan fingerprint density at radius 2 is 1.88 bits per heavy atom. The lowest BCUT2D eigenvalue weighted by Gasteiger charge is -2.09. The normalized spacial score (nSPS) is 31.5. The van der Waals surface area contributed by atoms with Gasteiger partial charge in [-0.05, 0) is 53.4 Å². The highest BCUT2D eigenvalue weighted by Gasteiger charge is 2.53. The molecule has 3 rings (SSSR count). The first-order chi connectivity index (χ1) is 7.66. The summed E-state index contributed by atoms with van der Waals surface area (Å²) in [5, 5.41) is 0. The van der Waals surface area contributed by atoms with Gasteiger partial charge in [-0.15, -0.1) is 0 Å². The van der Waals surface area contributed by atoms with Crippen molar-refractivity contribution in [2.24, 2.45) is 23.7 Å². The van der Waals surface area contributed by atoms with Crippen molar-refractivity contribution in [3.63, 3.8) is 0 Å². The summed E-state index contributed by atoms with van der Waals surface area (Å²) < 4.78 is 12.8. The molecule has 16 heavy (non-hydrogen) atoms. The van der Waals surface area contributed by atoms with Crippen LogP contribution >= 0.6 is 0 Å². The predicted octanol–water partition coefficient (Wildman–Crippen LogP) is 4.13. The fourth-order valence-corrected chi connectivity index (χ4v) is 3.31. The number of rotatable bonds is 2. The van der Waals surface area contributed by atoms with E-state index < -0.39 is 0 Å². The summed E-state index contributed by atoms with van der Waals surface area (Å²) in [5.41, 5.74) is 2.63. The molecule has 3 unspecified atom stereocenters. The molecule has 84 valence electrons. The average molecular weight is 216 g/mol. The van der Waals surface area contributed by atoms with Gasteiger partial charge >= 0.3 is 0 Å². The summed E-state index contributed by atoms with van der Waals surface area (Å²) in [4.78, 5) is 0. The maximum Gasteiger partial charge on any atom is 0.123 e. The molecule has 1 aromatic carbocycles. The lowest BCUT2D eigenvalue weighted by molar-refractivity contribution is 0.509. The predicted molar refractivity (Wildman–Crippen MR) is 64.3 cm³/mol. The summed E-state index contributed by atoms with van der Waals surface area (Å²) in [6, 6.07) is 6.91. The molecular weight excluding hydrogens is 199 g/mol. The van der Waals surface area contributed by atoms with Crippen LogP contribution in [0.5, 0.6) is 0 Å². The third-order valence-corrected chi connectivity index (χ3v) is 4.13. The Morgan fingerprint density at radius 1 is 1.19 bits per heavy atom. The van der Waals surface area contributed by atoms with Gasteiger partial charge < -0.3 is 0 Å². The van der Waals surface area contributed by atoms with Crippen molar-refractivity contribution in [1.29, 1.82) is 0 Å². The number of hydrogen-bond donors (Lipinski definition) is 0. The van der Waals surface area contributed by atoms with Gasteiger partial charge in [-0.25, -0.2) is 4.39 Å². The van der Waals surface area contributed by atoms with Crippen molar-refractivity contribution in [2.45, 2.75) is 20.3 Å². The summed E-state index contributed by atoms with van der Waals surface area (Å²) >= 11 is 0. The molecule has 1 fully saturated rings. The van der Waals surface area contributed by atoms with Crippen LogP contribution in [0.1, 0.15) is 25.8 Å². The molecule has 0 heterocycles. The van der Waals surface area contributed by atoms with Gasteiger partial charge in [0.05, 0.1) is 0 Å². The van der Waals surface area contributed by atoms with Gasteiger partial charge in [0.15, 0.2) is 0 Å². The molecule has 0 saturated heterocycles. The summed E-state index contributed by atoms with van der Waals surface area (Å²) in [7, 11) is 0. The maximum atomic E-state index is 12.8. The third kappa shape index (κ3) is 1.50. The number of fused-ring (bicyclic) bond motifs is 1. The second-order valence-electron chi connectivity index (χ2n) is 5.47. The van der Waals surface area contributed by atoms with Gasteiger partial charge in [-0.3, -0.25) is 0 Å². The van der Waals surface area contributed by atoms with E-state index in [1.165, 1.54) is 17.6 Å². The zero-order valence-electron chi connectivity index (χ0n) is 9.78. The summed E-state index contributed by atoms with van der Waals surface area (Å²) in [5.74, 6) is 3.25. The fourth-order valence-electron chi connectivity index (χ4n) is 3.31. The minimum atomic E-state index is -0.146. The first kappa shape index (κ1) is 10.1. The van der Waals surface area contributed by atoms with Crippen LogP contribution in [0.15, 0.2) is 30.3 Å². The Morgan fingerprint density at radius 3 is 2.38 bits per heavy atom. The highest BCUT2D eigenvalue weighted by molar-refractivity contribution is 5.69. The molecule has 0 N–H and O–H groups in total. The number of allylic oxidation sites excluding steroid dienone is 2. The minimum absolute atomic E-state index is 0.146. The Hall–Kier alpha value is -1.11. The van der Waals surface area contributed by atoms with E-state index in [4.69, 9.17) is 0 Å². The Bertz CT molecular complexity index is 427. The second-order valence-corrected chi connectivity index (χ2v) is 5.47. The van der Waals surface area contributed by atoms with Crippen LogP contribution in [0.2, 0.25) is 0 Å². The third-order valence-electron chi connectivity index (χ3n) is 4.13. The zero-order valence-corrected chi connectivity index (χ0v) is 9.78. The Balaban J connectivity index is 1.78. The van der Waals surface area contributed by atoms with E-state index >= 15 is 0 Å². The summed E-state index contributed by atoms with van der Waals surface area (Å²) in [6.07, 6.45) is 3.61. The molecular formula is C15H17F. The van der Waals surface area contributed by atoms with Crippen molar-refractivity contribution in [1.82, 2.24) is 0 Å². The second kappa shape index (κ2) is 3.44.